The van der Waals surface area contributed by atoms with E-state index in [1.54, 1.807) is 0 Å². The van der Waals surface area contributed by atoms with E-state index in [1.165, 1.54) is 29.0 Å². The van der Waals surface area contributed by atoms with Gasteiger partial charge in [-0.2, -0.15) is 0 Å². The first kappa shape index (κ1) is 15.1. The fraction of sp³-hybridized carbons (Fsp3) is 0.389. The number of hydrogen-bond acceptors (Lipinski definition) is 4. The summed E-state index contributed by atoms with van der Waals surface area (Å²) < 4.78 is 1.28. The molecule has 3 nitrogen and oxygen atoms in total. The van der Waals surface area contributed by atoms with Crippen molar-refractivity contribution in [1.82, 2.24) is 15.0 Å². The molecular formula is C18H21N3S. The van der Waals surface area contributed by atoms with Crippen LogP contribution in [0.4, 0.5) is 0 Å². The molecule has 0 saturated carbocycles. The number of rotatable bonds is 7. The molecule has 114 valence electrons. The molecule has 0 aliphatic heterocycles. The van der Waals surface area contributed by atoms with Crippen LogP contribution < -0.4 is 0 Å². The lowest BCUT2D eigenvalue weighted by Crippen LogP contribution is -2.10. The fourth-order valence-electron chi connectivity index (χ4n) is 2.72. The monoisotopic (exact) mass is 311 g/mol. The summed E-state index contributed by atoms with van der Waals surface area (Å²) in [6.07, 6.45) is 9.32. The van der Waals surface area contributed by atoms with Gasteiger partial charge in [-0.1, -0.05) is 31.9 Å². The smallest absolute Gasteiger partial charge is 0.128 e. The van der Waals surface area contributed by atoms with Gasteiger partial charge in [0.05, 0.1) is 15.2 Å². The molecule has 0 N–H and O–H groups in total. The average molecular weight is 311 g/mol. The van der Waals surface area contributed by atoms with Gasteiger partial charge < -0.3 is 0 Å². The molecule has 0 aliphatic carbocycles. The minimum atomic E-state index is 0.572. The second-order valence-electron chi connectivity index (χ2n) is 5.66. The third-order valence-electron chi connectivity index (χ3n) is 3.86. The molecule has 1 aromatic carbocycles. The first-order chi connectivity index (χ1) is 10.8. The molecule has 22 heavy (non-hydrogen) atoms. The molecule has 0 aliphatic rings. The van der Waals surface area contributed by atoms with Crippen LogP contribution >= 0.6 is 11.3 Å². The van der Waals surface area contributed by atoms with Gasteiger partial charge in [-0.3, -0.25) is 0 Å². The largest absolute Gasteiger partial charge is 0.241 e. The fourth-order valence-corrected chi connectivity index (χ4v) is 3.80. The van der Waals surface area contributed by atoms with E-state index in [-0.39, 0.29) is 0 Å². The second kappa shape index (κ2) is 7.45. The minimum absolute atomic E-state index is 0.572. The quantitative estimate of drug-likeness (QED) is 0.636. The zero-order valence-corrected chi connectivity index (χ0v) is 13.7. The Morgan fingerprint density at radius 1 is 1.05 bits per heavy atom. The molecule has 0 fully saturated rings. The summed E-state index contributed by atoms with van der Waals surface area (Å²) in [5.41, 5.74) is 1.12. The molecule has 2 heterocycles. The standard InChI is InChI=1S/C18H21N3S/c1-2-3-7-14(12-17-19-10-6-11-20-17)13-18-21-15-8-4-5-9-16(15)22-18/h4-6,8-11,14H,2-3,7,12-13H2,1H3. The number of thiazole rings is 1. The van der Waals surface area contributed by atoms with Crippen LogP contribution in [0.1, 0.15) is 37.0 Å². The maximum Gasteiger partial charge on any atom is 0.128 e. The van der Waals surface area contributed by atoms with E-state index in [2.05, 4.69) is 41.2 Å². The first-order valence-electron chi connectivity index (χ1n) is 7.95. The summed E-state index contributed by atoms with van der Waals surface area (Å²) in [5, 5.41) is 1.23. The SMILES string of the molecule is CCCCC(Cc1ncccn1)Cc1nc2ccccc2s1. The Kier molecular flexibility index (Phi) is 5.11. The third kappa shape index (κ3) is 3.89. The highest BCUT2D eigenvalue weighted by Crippen LogP contribution is 2.26. The Morgan fingerprint density at radius 3 is 2.64 bits per heavy atom. The van der Waals surface area contributed by atoms with E-state index < -0.39 is 0 Å². The van der Waals surface area contributed by atoms with Gasteiger partial charge in [0.1, 0.15) is 5.82 Å². The van der Waals surface area contributed by atoms with Crippen molar-refractivity contribution in [2.45, 2.75) is 39.0 Å². The van der Waals surface area contributed by atoms with Crippen molar-refractivity contribution in [3.05, 3.63) is 53.6 Å². The summed E-state index contributed by atoms with van der Waals surface area (Å²) in [4.78, 5) is 13.5. The third-order valence-corrected chi connectivity index (χ3v) is 4.92. The lowest BCUT2D eigenvalue weighted by molar-refractivity contribution is 0.450. The van der Waals surface area contributed by atoms with Crippen LogP contribution in [0.2, 0.25) is 0 Å². The normalized spacial score (nSPS) is 12.6. The molecule has 0 radical (unpaired) electrons. The molecule has 0 saturated heterocycles. The Morgan fingerprint density at radius 2 is 1.86 bits per heavy atom. The van der Waals surface area contributed by atoms with Gasteiger partial charge in [0.15, 0.2) is 0 Å². The van der Waals surface area contributed by atoms with E-state index in [1.807, 2.05) is 29.8 Å². The van der Waals surface area contributed by atoms with Gasteiger partial charge in [-0.25, -0.2) is 15.0 Å². The summed E-state index contributed by atoms with van der Waals surface area (Å²) in [7, 11) is 0. The van der Waals surface area contributed by atoms with E-state index in [0.717, 1.165) is 24.2 Å². The lowest BCUT2D eigenvalue weighted by atomic mass is 9.95. The number of unbranched alkanes of at least 4 members (excludes halogenated alkanes) is 1. The molecule has 0 amide bonds. The molecule has 2 aromatic heterocycles. The van der Waals surface area contributed by atoms with Gasteiger partial charge in [0.2, 0.25) is 0 Å². The van der Waals surface area contributed by atoms with Crippen LogP contribution in [0.5, 0.6) is 0 Å². The minimum Gasteiger partial charge on any atom is -0.241 e. The highest BCUT2D eigenvalue weighted by atomic mass is 32.1. The van der Waals surface area contributed by atoms with E-state index >= 15 is 0 Å². The van der Waals surface area contributed by atoms with Crippen molar-refractivity contribution in [1.29, 1.82) is 0 Å². The Balaban J connectivity index is 1.73. The number of para-hydroxylation sites is 1. The molecular weight excluding hydrogens is 290 g/mol. The Bertz CT molecular complexity index is 675. The summed E-state index contributed by atoms with van der Waals surface area (Å²) >= 11 is 1.82. The number of nitrogens with zero attached hydrogens (tertiary/aromatic N) is 3. The maximum absolute atomic E-state index is 4.78. The zero-order chi connectivity index (χ0) is 15.2. The molecule has 1 unspecified atom stereocenters. The highest BCUT2D eigenvalue weighted by molar-refractivity contribution is 7.18. The predicted molar refractivity (Wildman–Crippen MR) is 92.1 cm³/mol. The van der Waals surface area contributed by atoms with E-state index in [4.69, 9.17) is 4.98 Å². The van der Waals surface area contributed by atoms with Crippen LogP contribution in [0, 0.1) is 5.92 Å². The number of benzene rings is 1. The molecule has 3 rings (SSSR count). The topological polar surface area (TPSA) is 38.7 Å². The second-order valence-corrected chi connectivity index (χ2v) is 6.77. The first-order valence-corrected chi connectivity index (χ1v) is 8.77. The maximum atomic E-state index is 4.78. The van der Waals surface area contributed by atoms with Crippen molar-refractivity contribution in [2.24, 2.45) is 5.92 Å². The van der Waals surface area contributed by atoms with E-state index in [0.29, 0.717) is 5.92 Å². The van der Waals surface area contributed by atoms with Crippen molar-refractivity contribution in [2.75, 3.05) is 0 Å². The predicted octanol–water partition coefficient (Wildman–Crippen LogP) is 4.68. The van der Waals surface area contributed by atoms with Crippen molar-refractivity contribution in [3.63, 3.8) is 0 Å². The molecule has 3 aromatic rings. The van der Waals surface area contributed by atoms with Gasteiger partial charge in [-0.15, -0.1) is 11.3 Å². The Labute approximate surface area is 135 Å². The summed E-state index contributed by atoms with van der Waals surface area (Å²) in [5.74, 6) is 1.52. The van der Waals surface area contributed by atoms with Gasteiger partial charge in [0.25, 0.3) is 0 Å². The number of hydrogen-bond donors (Lipinski definition) is 0. The van der Waals surface area contributed by atoms with E-state index in [9.17, 15) is 0 Å². The van der Waals surface area contributed by atoms with Crippen molar-refractivity contribution >= 4 is 21.6 Å². The van der Waals surface area contributed by atoms with Crippen LogP contribution in [0.15, 0.2) is 42.7 Å². The number of fused-ring (bicyclic) bond motifs is 1. The molecule has 1 atom stereocenters. The van der Waals surface area contributed by atoms with Gasteiger partial charge >= 0.3 is 0 Å². The zero-order valence-electron chi connectivity index (χ0n) is 12.9. The highest BCUT2D eigenvalue weighted by Gasteiger charge is 2.14. The van der Waals surface area contributed by atoms with Crippen LogP contribution in [-0.4, -0.2) is 15.0 Å². The van der Waals surface area contributed by atoms with Crippen molar-refractivity contribution < 1.29 is 0 Å². The summed E-state index contributed by atoms with van der Waals surface area (Å²) in [6.45, 7) is 2.24. The van der Waals surface area contributed by atoms with Gasteiger partial charge in [-0.05, 0) is 30.5 Å². The van der Waals surface area contributed by atoms with Gasteiger partial charge in [0, 0.05) is 25.2 Å². The number of aromatic nitrogens is 3. The lowest BCUT2D eigenvalue weighted by Gasteiger charge is -2.14. The average Bonchev–Trinajstić information content (AvgIpc) is 2.96. The van der Waals surface area contributed by atoms with Crippen molar-refractivity contribution in [3.8, 4) is 0 Å². The molecule has 0 bridgehead atoms. The van der Waals surface area contributed by atoms with Crippen LogP contribution in [-0.2, 0) is 12.8 Å². The molecule has 0 spiro atoms. The van der Waals surface area contributed by atoms with Crippen LogP contribution in [0.25, 0.3) is 10.2 Å². The summed E-state index contributed by atoms with van der Waals surface area (Å²) in [6, 6.07) is 10.3. The molecule has 4 heteroatoms. The van der Waals surface area contributed by atoms with Crippen LogP contribution in [0.3, 0.4) is 0 Å². The Hall–Kier alpha value is -1.81.